The summed E-state index contributed by atoms with van der Waals surface area (Å²) >= 11 is 0. The Morgan fingerprint density at radius 1 is 1.21 bits per heavy atom. The number of hydrogen-bond acceptors (Lipinski definition) is 4. The highest BCUT2D eigenvalue weighted by Gasteiger charge is 2.14. The zero-order valence-electron chi connectivity index (χ0n) is 10.9. The Labute approximate surface area is 119 Å². The van der Waals surface area contributed by atoms with Crippen molar-refractivity contribution in [1.29, 1.82) is 0 Å². The van der Waals surface area contributed by atoms with Crippen molar-refractivity contribution < 1.29 is 14.3 Å². The van der Waals surface area contributed by atoms with E-state index in [0.29, 0.717) is 36.8 Å². The molecule has 1 amide bonds. The fourth-order valence-corrected chi connectivity index (χ4v) is 1.73. The third kappa shape index (κ3) is 4.29. The highest BCUT2D eigenvalue weighted by Crippen LogP contribution is 2.30. The van der Waals surface area contributed by atoms with Crippen LogP contribution in [0.1, 0.15) is 17.3 Å². The first-order chi connectivity index (χ1) is 8.81. The largest absolute Gasteiger partial charge is 0.486 e. The van der Waals surface area contributed by atoms with E-state index in [4.69, 9.17) is 9.47 Å². The van der Waals surface area contributed by atoms with E-state index in [1.165, 1.54) is 0 Å². The minimum Gasteiger partial charge on any atom is -0.486 e. The number of likely N-dealkylation sites (N-methyl/N-ethyl adjacent to an activating group) is 1. The van der Waals surface area contributed by atoms with Crippen LogP contribution >= 0.6 is 12.4 Å². The normalized spacial score (nSPS) is 12.5. The van der Waals surface area contributed by atoms with Gasteiger partial charge in [0.2, 0.25) is 0 Å². The molecule has 0 atom stereocenters. The zero-order chi connectivity index (χ0) is 12.8. The molecule has 1 aliphatic heterocycles. The van der Waals surface area contributed by atoms with Crippen molar-refractivity contribution in [1.82, 2.24) is 10.6 Å². The van der Waals surface area contributed by atoms with Gasteiger partial charge in [0.05, 0.1) is 0 Å². The summed E-state index contributed by atoms with van der Waals surface area (Å²) in [4.78, 5) is 11.9. The molecule has 0 saturated carbocycles. The minimum absolute atomic E-state index is 0. The van der Waals surface area contributed by atoms with E-state index >= 15 is 0 Å². The van der Waals surface area contributed by atoms with Crippen LogP contribution in [-0.2, 0) is 0 Å². The molecule has 6 heteroatoms. The van der Waals surface area contributed by atoms with E-state index < -0.39 is 0 Å². The molecule has 5 nitrogen and oxygen atoms in total. The molecule has 1 aromatic carbocycles. The van der Waals surface area contributed by atoms with Gasteiger partial charge in [-0.3, -0.25) is 4.79 Å². The number of carbonyl (C=O) groups is 1. The number of rotatable bonds is 5. The van der Waals surface area contributed by atoms with Gasteiger partial charge in [0.25, 0.3) is 5.91 Å². The van der Waals surface area contributed by atoms with Crippen molar-refractivity contribution in [2.24, 2.45) is 0 Å². The van der Waals surface area contributed by atoms with Gasteiger partial charge < -0.3 is 20.1 Å². The Kier molecular flexibility index (Phi) is 6.45. The summed E-state index contributed by atoms with van der Waals surface area (Å²) in [7, 11) is 0. The minimum atomic E-state index is -0.0927. The first kappa shape index (κ1) is 15.6. The van der Waals surface area contributed by atoms with Crippen LogP contribution in [0.5, 0.6) is 11.5 Å². The second-order valence-corrected chi connectivity index (χ2v) is 3.97. The van der Waals surface area contributed by atoms with Crippen molar-refractivity contribution in [2.45, 2.75) is 6.92 Å². The lowest BCUT2D eigenvalue weighted by Gasteiger charge is -2.18. The molecule has 19 heavy (non-hydrogen) atoms. The average Bonchev–Trinajstić information content (AvgIpc) is 2.43. The standard InChI is InChI=1S/C13H18N2O3.ClH/c1-2-14-5-6-15-13(16)10-3-4-11-12(9-10)18-8-7-17-11;/h3-4,9,14H,2,5-8H2,1H3,(H,15,16);1H. The average molecular weight is 287 g/mol. The molecule has 1 aliphatic rings. The highest BCUT2D eigenvalue weighted by atomic mass is 35.5. The first-order valence-electron chi connectivity index (χ1n) is 6.20. The fourth-order valence-electron chi connectivity index (χ4n) is 1.73. The number of ether oxygens (including phenoxy) is 2. The summed E-state index contributed by atoms with van der Waals surface area (Å²) in [6.45, 7) is 5.40. The molecule has 1 heterocycles. The summed E-state index contributed by atoms with van der Waals surface area (Å²) in [6.07, 6.45) is 0. The van der Waals surface area contributed by atoms with Crippen molar-refractivity contribution in [2.75, 3.05) is 32.8 Å². The molecule has 0 saturated heterocycles. The van der Waals surface area contributed by atoms with E-state index in [0.717, 1.165) is 13.1 Å². The zero-order valence-corrected chi connectivity index (χ0v) is 11.7. The number of nitrogens with one attached hydrogen (secondary N) is 2. The molecule has 106 valence electrons. The monoisotopic (exact) mass is 286 g/mol. The van der Waals surface area contributed by atoms with Crippen molar-refractivity contribution in [3.8, 4) is 11.5 Å². The maximum Gasteiger partial charge on any atom is 0.251 e. The second kappa shape index (κ2) is 7.86. The molecular weight excluding hydrogens is 268 g/mol. The quantitative estimate of drug-likeness (QED) is 0.799. The topological polar surface area (TPSA) is 59.6 Å². The van der Waals surface area contributed by atoms with Gasteiger partial charge in [0, 0.05) is 18.7 Å². The Bertz CT molecular complexity index is 426. The Hall–Kier alpha value is -1.46. The van der Waals surface area contributed by atoms with Crippen LogP contribution in [0.4, 0.5) is 0 Å². The van der Waals surface area contributed by atoms with Crippen LogP contribution in [0.3, 0.4) is 0 Å². The smallest absolute Gasteiger partial charge is 0.251 e. The number of amides is 1. The van der Waals surface area contributed by atoms with Gasteiger partial charge >= 0.3 is 0 Å². The van der Waals surface area contributed by atoms with E-state index in [1.807, 2.05) is 6.92 Å². The lowest BCUT2D eigenvalue weighted by Crippen LogP contribution is -2.31. The fraction of sp³-hybridized carbons (Fsp3) is 0.462. The number of fused-ring (bicyclic) bond motifs is 1. The predicted octanol–water partition coefficient (Wildman–Crippen LogP) is 1.22. The number of carbonyl (C=O) groups excluding carboxylic acids is 1. The van der Waals surface area contributed by atoms with Crippen LogP contribution in [0.15, 0.2) is 18.2 Å². The van der Waals surface area contributed by atoms with E-state index in [1.54, 1.807) is 18.2 Å². The molecule has 0 unspecified atom stereocenters. The summed E-state index contributed by atoms with van der Waals surface area (Å²) in [5, 5.41) is 5.99. The van der Waals surface area contributed by atoms with E-state index in [-0.39, 0.29) is 18.3 Å². The van der Waals surface area contributed by atoms with Crippen molar-refractivity contribution in [3.63, 3.8) is 0 Å². The summed E-state index contributed by atoms with van der Waals surface area (Å²) < 4.78 is 10.8. The Morgan fingerprint density at radius 3 is 2.68 bits per heavy atom. The molecule has 0 spiro atoms. The second-order valence-electron chi connectivity index (χ2n) is 3.97. The molecule has 0 aliphatic carbocycles. The maximum atomic E-state index is 11.9. The molecule has 0 bridgehead atoms. The van der Waals surface area contributed by atoms with E-state index in [9.17, 15) is 4.79 Å². The van der Waals surface area contributed by atoms with Gasteiger partial charge in [0.1, 0.15) is 13.2 Å². The summed E-state index contributed by atoms with van der Waals surface area (Å²) in [5.41, 5.74) is 0.593. The summed E-state index contributed by atoms with van der Waals surface area (Å²) in [6, 6.07) is 5.24. The molecule has 0 aromatic heterocycles. The lowest BCUT2D eigenvalue weighted by atomic mass is 10.2. The number of benzene rings is 1. The molecular formula is C13H19ClN2O3. The van der Waals surface area contributed by atoms with Crippen molar-refractivity contribution >= 4 is 18.3 Å². The predicted molar refractivity (Wildman–Crippen MR) is 75.6 cm³/mol. The lowest BCUT2D eigenvalue weighted by molar-refractivity contribution is 0.0952. The van der Waals surface area contributed by atoms with Crippen LogP contribution in [0.2, 0.25) is 0 Å². The summed E-state index contributed by atoms with van der Waals surface area (Å²) in [5.74, 6) is 1.25. The third-order valence-electron chi connectivity index (χ3n) is 2.64. The van der Waals surface area contributed by atoms with Gasteiger partial charge in [-0.2, -0.15) is 0 Å². The maximum absolute atomic E-state index is 11.9. The van der Waals surface area contributed by atoms with Gasteiger partial charge in [-0.05, 0) is 24.7 Å². The van der Waals surface area contributed by atoms with Gasteiger partial charge in [-0.15, -0.1) is 12.4 Å². The van der Waals surface area contributed by atoms with Crippen molar-refractivity contribution in [3.05, 3.63) is 23.8 Å². The molecule has 0 radical (unpaired) electrons. The van der Waals surface area contributed by atoms with Crippen LogP contribution in [0, 0.1) is 0 Å². The van der Waals surface area contributed by atoms with Gasteiger partial charge in [0.15, 0.2) is 11.5 Å². The van der Waals surface area contributed by atoms with Gasteiger partial charge in [-0.25, -0.2) is 0 Å². The Morgan fingerprint density at radius 2 is 1.95 bits per heavy atom. The molecule has 2 rings (SSSR count). The van der Waals surface area contributed by atoms with E-state index in [2.05, 4.69) is 10.6 Å². The Balaban J connectivity index is 0.00000180. The van der Waals surface area contributed by atoms with Crippen LogP contribution in [-0.4, -0.2) is 38.8 Å². The molecule has 1 aromatic rings. The molecule has 2 N–H and O–H groups in total. The van der Waals surface area contributed by atoms with Gasteiger partial charge in [-0.1, -0.05) is 6.92 Å². The number of hydrogen-bond donors (Lipinski definition) is 2. The third-order valence-corrected chi connectivity index (χ3v) is 2.64. The van der Waals surface area contributed by atoms with Crippen LogP contribution in [0.25, 0.3) is 0 Å². The highest BCUT2D eigenvalue weighted by molar-refractivity contribution is 5.94. The van der Waals surface area contributed by atoms with Crippen LogP contribution < -0.4 is 20.1 Å². The SMILES string of the molecule is CCNCCNC(=O)c1ccc2c(c1)OCCO2.Cl. The molecule has 0 fully saturated rings. The number of halogens is 1. The first-order valence-corrected chi connectivity index (χ1v) is 6.20.